The zero-order valence-electron chi connectivity index (χ0n) is 13.8. The Labute approximate surface area is 153 Å². The van der Waals surface area contributed by atoms with Gasteiger partial charge in [0.25, 0.3) is 5.91 Å². The van der Waals surface area contributed by atoms with Gasteiger partial charge in [-0.05, 0) is 30.3 Å². The van der Waals surface area contributed by atoms with Crippen molar-refractivity contribution in [2.24, 2.45) is 0 Å². The maximum absolute atomic E-state index is 11.4. The first-order valence-electron chi connectivity index (χ1n) is 8.16. The molecule has 0 bridgehead atoms. The van der Waals surface area contributed by atoms with Crippen LogP contribution in [0.4, 0.5) is 0 Å². The summed E-state index contributed by atoms with van der Waals surface area (Å²) in [6, 6.07) is 17.6. The summed E-state index contributed by atoms with van der Waals surface area (Å²) in [4.78, 5) is 17.4. The number of hydrogen-bond donors (Lipinski definition) is 2. The number of hydrogen-bond acceptors (Lipinski definition) is 5. The molecule has 1 aromatic carbocycles. The van der Waals surface area contributed by atoms with Gasteiger partial charge in [-0.15, -0.1) is 11.3 Å². The molecule has 0 aliphatic rings. The quantitative estimate of drug-likeness (QED) is 0.419. The van der Waals surface area contributed by atoms with Crippen molar-refractivity contribution in [3.63, 3.8) is 0 Å². The number of aryl methyl sites for hydroxylation is 2. The molecule has 0 aliphatic carbocycles. The number of fused-ring (bicyclic) bond motifs is 1. The number of aromatic nitrogens is 3. The first-order valence-corrected chi connectivity index (χ1v) is 8.97. The second kappa shape index (κ2) is 7.07. The van der Waals surface area contributed by atoms with Crippen molar-refractivity contribution in [2.75, 3.05) is 0 Å². The normalized spacial score (nSPS) is 11.0. The molecule has 4 rings (SSSR count). The predicted octanol–water partition coefficient (Wildman–Crippen LogP) is 3.52. The second-order valence-corrected chi connectivity index (χ2v) is 6.90. The highest BCUT2D eigenvalue weighted by Crippen LogP contribution is 2.26. The molecule has 2 N–H and O–H groups in total. The fourth-order valence-corrected chi connectivity index (χ4v) is 3.61. The largest absolute Gasteiger partial charge is 0.288 e. The Balaban J connectivity index is 1.46. The maximum atomic E-state index is 11.4. The Morgan fingerprint density at radius 3 is 2.88 bits per heavy atom. The van der Waals surface area contributed by atoms with Crippen LogP contribution in [0.15, 0.2) is 60.8 Å². The van der Waals surface area contributed by atoms with Crippen molar-refractivity contribution in [3.05, 3.63) is 71.4 Å². The molecule has 0 unspecified atom stereocenters. The van der Waals surface area contributed by atoms with Crippen molar-refractivity contribution < 1.29 is 10.0 Å². The van der Waals surface area contributed by atoms with Gasteiger partial charge in [-0.2, -0.15) is 5.10 Å². The minimum Gasteiger partial charge on any atom is -0.288 e. The SMILES string of the molecule is O=C(NO)c1ccc(-c2ccn(CCc3ccc4ccccc4n3)n2)s1. The number of pyridine rings is 1. The van der Waals surface area contributed by atoms with Crippen LogP contribution in [0, 0.1) is 0 Å². The van der Waals surface area contributed by atoms with Gasteiger partial charge >= 0.3 is 0 Å². The Morgan fingerprint density at radius 2 is 2.00 bits per heavy atom. The van der Waals surface area contributed by atoms with Crippen LogP contribution < -0.4 is 5.48 Å². The van der Waals surface area contributed by atoms with Gasteiger partial charge in [0.15, 0.2) is 0 Å². The summed E-state index contributed by atoms with van der Waals surface area (Å²) in [5, 5.41) is 14.4. The third-order valence-corrected chi connectivity index (χ3v) is 5.18. The highest BCUT2D eigenvalue weighted by atomic mass is 32.1. The number of nitrogens with zero attached hydrogens (tertiary/aromatic N) is 3. The number of hydroxylamine groups is 1. The van der Waals surface area contributed by atoms with E-state index in [0.717, 1.165) is 40.1 Å². The molecule has 1 amide bonds. The van der Waals surface area contributed by atoms with E-state index in [9.17, 15) is 4.79 Å². The third-order valence-electron chi connectivity index (χ3n) is 4.08. The lowest BCUT2D eigenvalue weighted by Crippen LogP contribution is -2.16. The van der Waals surface area contributed by atoms with Crippen LogP contribution in [0.3, 0.4) is 0 Å². The molecule has 0 saturated carbocycles. The molecule has 0 radical (unpaired) electrons. The molecule has 26 heavy (non-hydrogen) atoms. The maximum Gasteiger partial charge on any atom is 0.284 e. The molecule has 3 aromatic heterocycles. The number of nitrogens with one attached hydrogen (secondary N) is 1. The molecule has 0 saturated heterocycles. The van der Waals surface area contributed by atoms with E-state index in [1.165, 1.54) is 11.3 Å². The molecule has 6 nitrogen and oxygen atoms in total. The van der Waals surface area contributed by atoms with E-state index >= 15 is 0 Å². The summed E-state index contributed by atoms with van der Waals surface area (Å²) >= 11 is 1.29. The van der Waals surface area contributed by atoms with E-state index in [2.05, 4.69) is 22.2 Å². The molecule has 4 aromatic rings. The summed E-state index contributed by atoms with van der Waals surface area (Å²) in [5.41, 5.74) is 4.47. The number of benzene rings is 1. The van der Waals surface area contributed by atoms with Crippen molar-refractivity contribution in [1.82, 2.24) is 20.2 Å². The first-order chi connectivity index (χ1) is 12.7. The van der Waals surface area contributed by atoms with Crippen LogP contribution in [0.2, 0.25) is 0 Å². The van der Waals surface area contributed by atoms with E-state index in [-0.39, 0.29) is 0 Å². The Bertz CT molecular complexity index is 1070. The van der Waals surface area contributed by atoms with Gasteiger partial charge in [0.05, 0.1) is 15.3 Å². The van der Waals surface area contributed by atoms with Crippen LogP contribution in [0.5, 0.6) is 0 Å². The predicted molar refractivity (Wildman–Crippen MR) is 100 cm³/mol. The lowest BCUT2D eigenvalue weighted by Gasteiger charge is -2.03. The standard InChI is InChI=1S/C19H16N4O2S/c24-19(22-25)18-8-7-17(26-18)16-10-12-23(21-16)11-9-14-6-5-13-3-1-2-4-15(13)20-14/h1-8,10,12,25H,9,11H2,(H,22,24). The summed E-state index contributed by atoms with van der Waals surface area (Å²) < 4.78 is 1.87. The molecule has 3 heterocycles. The third kappa shape index (κ3) is 3.35. The van der Waals surface area contributed by atoms with E-state index in [1.54, 1.807) is 11.5 Å². The number of carbonyl (C=O) groups is 1. The average Bonchev–Trinajstić information content (AvgIpc) is 3.35. The first kappa shape index (κ1) is 16.4. The topological polar surface area (TPSA) is 80.0 Å². The summed E-state index contributed by atoms with van der Waals surface area (Å²) in [5.74, 6) is -0.511. The summed E-state index contributed by atoms with van der Waals surface area (Å²) in [6.07, 6.45) is 2.70. The van der Waals surface area contributed by atoms with Crippen LogP contribution in [0.25, 0.3) is 21.5 Å². The molecule has 0 aliphatic heterocycles. The highest BCUT2D eigenvalue weighted by molar-refractivity contribution is 7.17. The van der Waals surface area contributed by atoms with Crippen molar-refractivity contribution in [1.29, 1.82) is 0 Å². The molecule has 7 heteroatoms. The van der Waals surface area contributed by atoms with E-state index in [0.29, 0.717) is 4.88 Å². The Morgan fingerprint density at radius 1 is 1.12 bits per heavy atom. The number of amides is 1. The van der Waals surface area contributed by atoms with Gasteiger partial charge in [-0.25, -0.2) is 5.48 Å². The fourth-order valence-electron chi connectivity index (χ4n) is 2.75. The Hall–Kier alpha value is -3.03. The van der Waals surface area contributed by atoms with Gasteiger partial charge in [0.1, 0.15) is 5.69 Å². The highest BCUT2D eigenvalue weighted by Gasteiger charge is 2.11. The average molecular weight is 364 g/mol. The molecule has 0 spiro atoms. The fraction of sp³-hybridized carbons (Fsp3) is 0.105. The van der Waals surface area contributed by atoms with Gasteiger partial charge in [-0.1, -0.05) is 24.3 Å². The summed E-state index contributed by atoms with van der Waals surface area (Å²) in [7, 11) is 0. The number of thiophene rings is 1. The van der Waals surface area contributed by atoms with Gasteiger partial charge in [0.2, 0.25) is 0 Å². The molecular formula is C19H16N4O2S. The lowest BCUT2D eigenvalue weighted by atomic mass is 10.2. The molecule has 0 atom stereocenters. The van der Waals surface area contributed by atoms with E-state index < -0.39 is 5.91 Å². The van der Waals surface area contributed by atoms with E-state index in [4.69, 9.17) is 5.21 Å². The van der Waals surface area contributed by atoms with Crippen molar-refractivity contribution in [2.45, 2.75) is 13.0 Å². The van der Waals surface area contributed by atoms with Gasteiger partial charge < -0.3 is 0 Å². The monoisotopic (exact) mass is 364 g/mol. The minimum absolute atomic E-state index is 0.442. The Kier molecular flexibility index (Phi) is 4.47. The van der Waals surface area contributed by atoms with Crippen LogP contribution in [-0.2, 0) is 13.0 Å². The minimum atomic E-state index is -0.511. The lowest BCUT2D eigenvalue weighted by molar-refractivity contribution is 0.0711. The second-order valence-electron chi connectivity index (χ2n) is 5.81. The van der Waals surface area contributed by atoms with Crippen LogP contribution in [0.1, 0.15) is 15.4 Å². The van der Waals surface area contributed by atoms with E-state index in [1.807, 2.05) is 47.3 Å². The van der Waals surface area contributed by atoms with Gasteiger partial charge in [-0.3, -0.25) is 19.7 Å². The van der Waals surface area contributed by atoms with Crippen LogP contribution in [-0.4, -0.2) is 25.9 Å². The number of para-hydroxylation sites is 1. The molecule has 130 valence electrons. The number of rotatable bonds is 5. The molecular weight excluding hydrogens is 348 g/mol. The van der Waals surface area contributed by atoms with Crippen LogP contribution >= 0.6 is 11.3 Å². The smallest absolute Gasteiger partial charge is 0.284 e. The van der Waals surface area contributed by atoms with Crippen molar-refractivity contribution >= 4 is 28.1 Å². The summed E-state index contributed by atoms with van der Waals surface area (Å²) in [6.45, 7) is 0.723. The van der Waals surface area contributed by atoms with Crippen molar-refractivity contribution in [3.8, 4) is 10.6 Å². The molecule has 0 fully saturated rings. The number of carbonyl (C=O) groups excluding carboxylic acids is 1. The van der Waals surface area contributed by atoms with Gasteiger partial charge in [0, 0.05) is 30.2 Å². The zero-order chi connectivity index (χ0) is 17.9. The zero-order valence-corrected chi connectivity index (χ0v) is 14.6.